The third kappa shape index (κ3) is 5.01. The largest absolute Gasteiger partial charge is 0.396 e. The summed E-state index contributed by atoms with van der Waals surface area (Å²) >= 11 is 11.7. The smallest absolute Gasteiger partial charge is 0.224 e. The molecular formula is C14H19Cl2NO2. The molecule has 1 aromatic carbocycles. The van der Waals surface area contributed by atoms with Crippen LogP contribution in [-0.2, 0) is 11.2 Å². The van der Waals surface area contributed by atoms with E-state index in [-0.39, 0.29) is 24.5 Å². The van der Waals surface area contributed by atoms with Crippen LogP contribution in [0.15, 0.2) is 18.2 Å². The van der Waals surface area contributed by atoms with E-state index in [1.165, 1.54) is 0 Å². The second-order valence-electron chi connectivity index (χ2n) is 4.86. The summed E-state index contributed by atoms with van der Waals surface area (Å²) in [6.45, 7) is 3.96. The van der Waals surface area contributed by atoms with Gasteiger partial charge in [0.15, 0.2) is 0 Å². The molecule has 0 aliphatic rings. The van der Waals surface area contributed by atoms with Gasteiger partial charge in [-0.1, -0.05) is 36.2 Å². The fourth-order valence-corrected chi connectivity index (χ4v) is 2.11. The third-order valence-electron chi connectivity index (χ3n) is 3.23. The van der Waals surface area contributed by atoms with Crippen molar-refractivity contribution in [3.63, 3.8) is 0 Å². The molecule has 0 heterocycles. The summed E-state index contributed by atoms with van der Waals surface area (Å²) in [6, 6.07) is 5.15. The molecule has 0 radical (unpaired) electrons. The van der Waals surface area contributed by atoms with E-state index in [4.69, 9.17) is 28.3 Å². The van der Waals surface area contributed by atoms with Gasteiger partial charge >= 0.3 is 0 Å². The molecule has 0 aliphatic carbocycles. The van der Waals surface area contributed by atoms with E-state index < -0.39 is 0 Å². The van der Waals surface area contributed by atoms with Gasteiger partial charge in [0.05, 0.1) is 16.5 Å². The van der Waals surface area contributed by atoms with Crippen LogP contribution in [0.4, 0.5) is 0 Å². The van der Waals surface area contributed by atoms with Crippen molar-refractivity contribution in [2.75, 3.05) is 6.61 Å². The van der Waals surface area contributed by atoms with Gasteiger partial charge in [0.25, 0.3) is 0 Å². The number of hydrogen-bond donors (Lipinski definition) is 2. The summed E-state index contributed by atoms with van der Waals surface area (Å²) in [4.78, 5) is 12.0. The van der Waals surface area contributed by atoms with Gasteiger partial charge < -0.3 is 10.4 Å². The normalized spacial score (nSPS) is 13.9. The molecular weight excluding hydrogens is 285 g/mol. The fraction of sp³-hybridized carbons (Fsp3) is 0.500. The van der Waals surface area contributed by atoms with Crippen LogP contribution in [0.3, 0.4) is 0 Å². The van der Waals surface area contributed by atoms with Crippen LogP contribution in [-0.4, -0.2) is 23.2 Å². The Bertz CT molecular complexity index is 451. The van der Waals surface area contributed by atoms with E-state index in [0.717, 1.165) is 12.0 Å². The summed E-state index contributed by atoms with van der Waals surface area (Å²) in [5.74, 6) is -0.0869. The average molecular weight is 304 g/mol. The number of rotatable bonds is 6. The van der Waals surface area contributed by atoms with Gasteiger partial charge in [0.2, 0.25) is 5.91 Å². The Kier molecular flexibility index (Phi) is 6.11. The maximum atomic E-state index is 12.0. The molecule has 106 valence electrons. The van der Waals surface area contributed by atoms with Crippen molar-refractivity contribution in [2.45, 2.75) is 38.6 Å². The Labute approximate surface area is 123 Å². The molecule has 0 fully saturated rings. The monoisotopic (exact) mass is 303 g/mol. The van der Waals surface area contributed by atoms with Gasteiger partial charge in [-0.15, -0.1) is 0 Å². The van der Waals surface area contributed by atoms with Gasteiger partial charge in [0, 0.05) is 12.1 Å². The van der Waals surface area contributed by atoms with Crippen LogP contribution < -0.4 is 5.32 Å². The minimum atomic E-state index is -0.373. The van der Waals surface area contributed by atoms with Crippen molar-refractivity contribution in [1.29, 1.82) is 0 Å². The lowest BCUT2D eigenvalue weighted by Crippen LogP contribution is -2.46. The maximum Gasteiger partial charge on any atom is 0.224 e. The first-order chi connectivity index (χ1) is 8.90. The molecule has 1 atom stereocenters. The van der Waals surface area contributed by atoms with Gasteiger partial charge in [-0.05, 0) is 37.5 Å². The van der Waals surface area contributed by atoms with E-state index in [0.29, 0.717) is 16.5 Å². The van der Waals surface area contributed by atoms with E-state index in [2.05, 4.69) is 5.32 Å². The second-order valence-corrected chi connectivity index (χ2v) is 5.68. The topological polar surface area (TPSA) is 49.3 Å². The summed E-state index contributed by atoms with van der Waals surface area (Å²) < 4.78 is 0. The number of amides is 1. The molecule has 2 N–H and O–H groups in total. The van der Waals surface area contributed by atoms with E-state index in [9.17, 15) is 4.79 Å². The first-order valence-corrected chi connectivity index (χ1v) is 7.01. The molecule has 3 nitrogen and oxygen atoms in total. The van der Waals surface area contributed by atoms with Crippen LogP contribution in [0.1, 0.15) is 32.3 Å². The molecule has 1 aromatic rings. The molecule has 5 heteroatoms. The van der Waals surface area contributed by atoms with Crippen LogP contribution in [0.5, 0.6) is 0 Å². The van der Waals surface area contributed by atoms with Crippen molar-refractivity contribution >= 4 is 29.1 Å². The molecule has 0 spiro atoms. The van der Waals surface area contributed by atoms with E-state index in [1.807, 2.05) is 13.8 Å². The summed E-state index contributed by atoms with van der Waals surface area (Å²) in [7, 11) is 0. The molecule has 0 aromatic heterocycles. The first kappa shape index (κ1) is 16.3. The molecule has 0 aliphatic heterocycles. The van der Waals surface area contributed by atoms with Gasteiger partial charge in [0.1, 0.15) is 0 Å². The van der Waals surface area contributed by atoms with Crippen LogP contribution in [0, 0.1) is 0 Å². The highest BCUT2D eigenvalue weighted by molar-refractivity contribution is 6.42. The Balaban J connectivity index is 2.66. The van der Waals surface area contributed by atoms with Crippen LogP contribution in [0.25, 0.3) is 0 Å². The minimum absolute atomic E-state index is 0.0530. The number of carbonyl (C=O) groups excluding carboxylic acids is 1. The van der Waals surface area contributed by atoms with Gasteiger partial charge in [-0.3, -0.25) is 4.79 Å². The molecule has 0 saturated carbocycles. The van der Waals surface area contributed by atoms with Gasteiger partial charge in [-0.25, -0.2) is 0 Å². The van der Waals surface area contributed by atoms with Crippen molar-refractivity contribution in [3.05, 3.63) is 33.8 Å². The Hall–Kier alpha value is -0.770. The molecule has 0 bridgehead atoms. The average Bonchev–Trinajstić information content (AvgIpc) is 2.34. The lowest BCUT2D eigenvalue weighted by atomic mass is 9.94. The Morgan fingerprint density at radius 2 is 2.05 bits per heavy atom. The molecule has 1 unspecified atom stereocenters. The lowest BCUT2D eigenvalue weighted by Gasteiger charge is -2.29. The quantitative estimate of drug-likeness (QED) is 0.848. The number of benzene rings is 1. The zero-order valence-corrected chi connectivity index (χ0v) is 12.7. The predicted octanol–water partition coefficient (Wildman–Crippen LogP) is 3.20. The van der Waals surface area contributed by atoms with Crippen molar-refractivity contribution < 1.29 is 9.90 Å². The lowest BCUT2D eigenvalue weighted by molar-refractivity contribution is -0.122. The number of carbonyl (C=O) groups is 1. The molecule has 19 heavy (non-hydrogen) atoms. The van der Waals surface area contributed by atoms with Crippen LogP contribution >= 0.6 is 23.2 Å². The zero-order valence-electron chi connectivity index (χ0n) is 11.2. The Morgan fingerprint density at radius 1 is 1.37 bits per heavy atom. The molecule has 1 rings (SSSR count). The van der Waals surface area contributed by atoms with Crippen LogP contribution in [0.2, 0.25) is 10.0 Å². The highest BCUT2D eigenvalue weighted by Crippen LogP contribution is 2.23. The minimum Gasteiger partial charge on any atom is -0.396 e. The SMILES string of the molecule is CCC(C)(CCO)NC(=O)Cc1ccc(Cl)c(Cl)c1. The second kappa shape index (κ2) is 7.13. The fourth-order valence-electron chi connectivity index (χ4n) is 1.79. The zero-order chi connectivity index (χ0) is 14.5. The standard InChI is InChI=1S/C14H19Cl2NO2/c1-3-14(2,6-7-18)17-13(19)9-10-4-5-11(15)12(16)8-10/h4-5,8,18H,3,6-7,9H2,1-2H3,(H,17,19). The number of aliphatic hydroxyl groups excluding tert-OH is 1. The number of hydrogen-bond acceptors (Lipinski definition) is 2. The number of halogens is 2. The number of aliphatic hydroxyl groups is 1. The van der Waals surface area contributed by atoms with E-state index >= 15 is 0 Å². The Morgan fingerprint density at radius 3 is 2.58 bits per heavy atom. The summed E-state index contributed by atoms with van der Waals surface area (Å²) in [5, 5.41) is 12.9. The number of nitrogens with one attached hydrogen (secondary N) is 1. The molecule has 0 saturated heterocycles. The summed E-state index contributed by atoms with van der Waals surface area (Å²) in [5.41, 5.74) is 0.441. The molecule has 1 amide bonds. The van der Waals surface area contributed by atoms with Crippen molar-refractivity contribution in [3.8, 4) is 0 Å². The van der Waals surface area contributed by atoms with Crippen molar-refractivity contribution in [2.24, 2.45) is 0 Å². The summed E-state index contributed by atoms with van der Waals surface area (Å²) in [6.07, 6.45) is 1.55. The van der Waals surface area contributed by atoms with Gasteiger partial charge in [-0.2, -0.15) is 0 Å². The first-order valence-electron chi connectivity index (χ1n) is 6.26. The maximum absolute atomic E-state index is 12.0. The predicted molar refractivity (Wildman–Crippen MR) is 78.7 cm³/mol. The third-order valence-corrected chi connectivity index (χ3v) is 3.97. The highest BCUT2D eigenvalue weighted by Gasteiger charge is 2.23. The van der Waals surface area contributed by atoms with Crippen molar-refractivity contribution in [1.82, 2.24) is 5.32 Å². The van der Waals surface area contributed by atoms with E-state index in [1.54, 1.807) is 18.2 Å². The highest BCUT2D eigenvalue weighted by atomic mass is 35.5.